The molecule has 2 rings (SSSR count). The molecule has 3 nitrogen and oxygen atoms in total. The van der Waals surface area contributed by atoms with Crippen molar-refractivity contribution >= 4 is 11.8 Å². The third-order valence-electron chi connectivity index (χ3n) is 2.79. The van der Waals surface area contributed by atoms with E-state index in [-0.39, 0.29) is 0 Å². The van der Waals surface area contributed by atoms with Gasteiger partial charge in [0.1, 0.15) is 11.5 Å². The topological polar surface area (TPSA) is 34.1 Å². The molecule has 1 heterocycles. The quantitative estimate of drug-likeness (QED) is 0.822. The molecule has 1 aromatic heterocycles. The van der Waals surface area contributed by atoms with Crippen LogP contribution in [0.4, 0.5) is 5.69 Å². The highest BCUT2D eigenvalue weighted by Crippen LogP contribution is 2.27. The number of benzene rings is 1. The van der Waals surface area contributed by atoms with E-state index in [1.165, 1.54) is 0 Å². The Morgan fingerprint density at radius 2 is 2.10 bits per heavy atom. The molecule has 20 heavy (non-hydrogen) atoms. The second-order valence-electron chi connectivity index (χ2n) is 4.48. The molecule has 0 aliphatic heterocycles. The lowest BCUT2D eigenvalue weighted by Crippen LogP contribution is -2.00. The molecule has 1 aromatic carbocycles. The van der Waals surface area contributed by atoms with Crippen LogP contribution in [-0.2, 0) is 0 Å². The first kappa shape index (κ1) is 14.1. The molecule has 0 unspecified atom stereocenters. The van der Waals surface area contributed by atoms with E-state index in [2.05, 4.69) is 17.2 Å². The summed E-state index contributed by atoms with van der Waals surface area (Å²) in [6, 6.07) is 9.92. The van der Waals surface area contributed by atoms with Crippen LogP contribution in [0.3, 0.4) is 0 Å². The van der Waals surface area contributed by atoms with Gasteiger partial charge >= 0.3 is 0 Å². The number of allylic oxidation sites excluding steroid dienone is 1. The maximum atomic E-state index is 5.93. The van der Waals surface area contributed by atoms with Crippen molar-refractivity contribution in [2.75, 3.05) is 11.9 Å². The van der Waals surface area contributed by atoms with Gasteiger partial charge in [-0.15, -0.1) is 0 Å². The minimum Gasteiger partial charge on any atom is -0.455 e. The van der Waals surface area contributed by atoms with Crippen LogP contribution in [0.2, 0.25) is 0 Å². The van der Waals surface area contributed by atoms with Crippen LogP contribution in [0.5, 0.6) is 11.5 Å². The third-order valence-corrected chi connectivity index (χ3v) is 2.79. The molecule has 0 amide bonds. The van der Waals surface area contributed by atoms with Gasteiger partial charge in [-0.2, -0.15) is 0 Å². The Balaban J connectivity index is 2.17. The van der Waals surface area contributed by atoms with Gasteiger partial charge in [-0.3, -0.25) is 4.98 Å². The van der Waals surface area contributed by atoms with E-state index in [1.54, 1.807) is 12.4 Å². The van der Waals surface area contributed by atoms with E-state index in [0.717, 1.165) is 35.7 Å². The molecule has 0 saturated carbocycles. The molecular formula is C17H20N2O. The largest absolute Gasteiger partial charge is 0.455 e. The Kier molecular flexibility index (Phi) is 5.18. The van der Waals surface area contributed by atoms with Gasteiger partial charge in [0.2, 0.25) is 0 Å². The highest BCUT2D eigenvalue weighted by Gasteiger charge is 2.03. The zero-order valence-electron chi connectivity index (χ0n) is 12.0. The summed E-state index contributed by atoms with van der Waals surface area (Å²) in [5.41, 5.74) is 2.04. The molecule has 0 atom stereocenters. The van der Waals surface area contributed by atoms with Gasteiger partial charge in [0.15, 0.2) is 0 Å². The Morgan fingerprint density at radius 3 is 2.90 bits per heavy atom. The summed E-state index contributed by atoms with van der Waals surface area (Å²) in [6.07, 6.45) is 8.64. The number of anilines is 1. The molecule has 3 heteroatoms. The van der Waals surface area contributed by atoms with Crippen LogP contribution < -0.4 is 10.1 Å². The SMILES string of the molecule is C/C=C/c1ccccc1Oc1cncc(NCCC)c1. The fourth-order valence-corrected chi connectivity index (χ4v) is 1.86. The molecule has 0 spiro atoms. The lowest BCUT2D eigenvalue weighted by molar-refractivity contribution is 0.479. The van der Waals surface area contributed by atoms with Crippen LogP contribution in [0.1, 0.15) is 25.8 Å². The maximum Gasteiger partial charge on any atom is 0.147 e. The summed E-state index contributed by atoms with van der Waals surface area (Å²) in [4.78, 5) is 4.20. The van der Waals surface area contributed by atoms with Crippen LogP contribution >= 0.6 is 0 Å². The van der Waals surface area contributed by atoms with E-state index >= 15 is 0 Å². The van der Waals surface area contributed by atoms with Crippen LogP contribution in [-0.4, -0.2) is 11.5 Å². The molecule has 0 radical (unpaired) electrons. The average molecular weight is 268 g/mol. The van der Waals surface area contributed by atoms with Gasteiger partial charge < -0.3 is 10.1 Å². The van der Waals surface area contributed by atoms with Crippen molar-refractivity contribution in [3.05, 3.63) is 54.4 Å². The number of hydrogen-bond acceptors (Lipinski definition) is 3. The summed E-state index contributed by atoms with van der Waals surface area (Å²) in [7, 11) is 0. The molecule has 0 bridgehead atoms. The number of aromatic nitrogens is 1. The summed E-state index contributed by atoms with van der Waals surface area (Å²) in [6.45, 7) is 5.06. The number of para-hydroxylation sites is 1. The monoisotopic (exact) mass is 268 g/mol. The van der Waals surface area contributed by atoms with Crippen molar-refractivity contribution in [1.82, 2.24) is 4.98 Å². The third kappa shape index (κ3) is 3.85. The predicted octanol–water partition coefficient (Wildman–Crippen LogP) is 4.73. The molecule has 2 aromatic rings. The van der Waals surface area contributed by atoms with Crippen LogP contribution in [0.15, 0.2) is 48.8 Å². The number of rotatable bonds is 6. The predicted molar refractivity (Wildman–Crippen MR) is 84.2 cm³/mol. The van der Waals surface area contributed by atoms with E-state index < -0.39 is 0 Å². The fraction of sp³-hybridized carbons (Fsp3) is 0.235. The van der Waals surface area contributed by atoms with Crippen LogP contribution in [0, 0.1) is 0 Å². The van der Waals surface area contributed by atoms with Crippen molar-refractivity contribution in [3.8, 4) is 11.5 Å². The van der Waals surface area contributed by atoms with Gasteiger partial charge in [-0.05, 0) is 19.4 Å². The summed E-state index contributed by atoms with van der Waals surface area (Å²) in [5.74, 6) is 1.57. The minimum absolute atomic E-state index is 0.739. The summed E-state index contributed by atoms with van der Waals surface area (Å²) >= 11 is 0. The Hall–Kier alpha value is -2.29. The molecule has 0 saturated heterocycles. The first-order chi connectivity index (χ1) is 9.83. The Morgan fingerprint density at radius 1 is 1.25 bits per heavy atom. The van der Waals surface area contributed by atoms with Gasteiger partial charge in [-0.25, -0.2) is 0 Å². The fourth-order valence-electron chi connectivity index (χ4n) is 1.86. The lowest BCUT2D eigenvalue weighted by atomic mass is 10.2. The second kappa shape index (κ2) is 7.34. The van der Waals surface area contributed by atoms with Crippen LogP contribution in [0.25, 0.3) is 6.08 Å². The number of pyridine rings is 1. The molecule has 0 aliphatic carbocycles. The van der Waals surface area contributed by atoms with Gasteiger partial charge in [-0.1, -0.05) is 37.3 Å². The van der Waals surface area contributed by atoms with Gasteiger partial charge in [0.05, 0.1) is 18.1 Å². The van der Waals surface area contributed by atoms with Gasteiger partial charge in [0.25, 0.3) is 0 Å². The van der Waals surface area contributed by atoms with Crippen molar-refractivity contribution in [1.29, 1.82) is 0 Å². The smallest absolute Gasteiger partial charge is 0.147 e. The van der Waals surface area contributed by atoms with Crippen molar-refractivity contribution in [3.63, 3.8) is 0 Å². The van der Waals surface area contributed by atoms with E-state index in [0.29, 0.717) is 0 Å². The van der Waals surface area contributed by atoms with E-state index in [9.17, 15) is 0 Å². The first-order valence-electron chi connectivity index (χ1n) is 6.92. The number of hydrogen-bond donors (Lipinski definition) is 1. The van der Waals surface area contributed by atoms with Gasteiger partial charge in [0, 0.05) is 18.2 Å². The second-order valence-corrected chi connectivity index (χ2v) is 4.48. The normalized spacial score (nSPS) is 10.7. The lowest BCUT2D eigenvalue weighted by Gasteiger charge is -2.10. The van der Waals surface area contributed by atoms with Crippen molar-refractivity contribution in [2.45, 2.75) is 20.3 Å². The van der Waals surface area contributed by atoms with Crippen molar-refractivity contribution < 1.29 is 4.74 Å². The average Bonchev–Trinajstić information content (AvgIpc) is 2.48. The molecule has 0 aliphatic rings. The number of nitrogens with one attached hydrogen (secondary N) is 1. The van der Waals surface area contributed by atoms with E-state index in [1.807, 2.05) is 49.4 Å². The molecule has 104 valence electrons. The van der Waals surface area contributed by atoms with E-state index in [4.69, 9.17) is 4.74 Å². The first-order valence-corrected chi connectivity index (χ1v) is 6.92. The minimum atomic E-state index is 0.739. The molecule has 1 N–H and O–H groups in total. The molecular weight excluding hydrogens is 248 g/mol. The van der Waals surface area contributed by atoms with Crippen molar-refractivity contribution in [2.24, 2.45) is 0 Å². The number of ether oxygens (including phenoxy) is 1. The Bertz CT molecular complexity index is 579. The summed E-state index contributed by atoms with van der Waals surface area (Å²) < 4.78 is 5.93. The standard InChI is InChI=1S/C17H20N2O/c1-3-7-14-8-5-6-9-17(14)20-16-11-15(12-18-13-16)19-10-4-2/h3,5-9,11-13,19H,4,10H2,1-2H3/b7-3+. The number of nitrogens with zero attached hydrogens (tertiary/aromatic N) is 1. The highest BCUT2D eigenvalue weighted by molar-refractivity contribution is 5.58. The molecule has 0 fully saturated rings. The zero-order valence-corrected chi connectivity index (χ0v) is 12.0. The summed E-state index contributed by atoms with van der Waals surface area (Å²) in [5, 5.41) is 3.30. The Labute approximate surface area is 120 Å². The maximum absolute atomic E-state index is 5.93. The zero-order chi connectivity index (χ0) is 14.2. The highest BCUT2D eigenvalue weighted by atomic mass is 16.5.